The minimum atomic E-state index is -0.352. The van der Waals surface area contributed by atoms with Crippen LogP contribution in [-0.2, 0) is 6.42 Å². The predicted molar refractivity (Wildman–Crippen MR) is 51.2 cm³/mol. The molecule has 0 spiro atoms. The maximum atomic E-state index is 12.8. The van der Waals surface area contributed by atoms with E-state index in [4.69, 9.17) is 10.9 Å². The van der Waals surface area contributed by atoms with Crippen molar-refractivity contribution < 1.29 is 9.60 Å². The third-order valence-electron chi connectivity index (χ3n) is 1.44. The first-order valence-electron chi connectivity index (χ1n) is 3.53. The Hall–Kier alpha value is -1.10. The largest absolute Gasteiger partial charge is 0.409 e. The first kappa shape index (κ1) is 9.98. The minimum absolute atomic E-state index is 0.0532. The van der Waals surface area contributed by atoms with Crippen molar-refractivity contribution in [1.29, 1.82) is 0 Å². The Morgan fingerprint density at radius 2 is 2.23 bits per heavy atom. The van der Waals surface area contributed by atoms with Gasteiger partial charge in [-0.15, -0.1) is 0 Å². The average Bonchev–Trinajstić information content (AvgIpc) is 2.02. The summed E-state index contributed by atoms with van der Waals surface area (Å²) in [4.78, 5) is 0. The topological polar surface area (TPSA) is 58.6 Å². The first-order valence-corrected chi connectivity index (χ1v) is 4.32. The van der Waals surface area contributed by atoms with E-state index < -0.39 is 0 Å². The van der Waals surface area contributed by atoms with Crippen molar-refractivity contribution in [3.05, 3.63) is 34.1 Å². The quantitative estimate of drug-likeness (QED) is 0.363. The number of hydrogen-bond donors (Lipinski definition) is 2. The van der Waals surface area contributed by atoms with Crippen molar-refractivity contribution in [1.82, 2.24) is 0 Å². The Kier molecular flexibility index (Phi) is 3.25. The lowest BCUT2D eigenvalue weighted by molar-refractivity contribution is 0.317. The highest BCUT2D eigenvalue weighted by Crippen LogP contribution is 2.15. The molecule has 13 heavy (non-hydrogen) atoms. The lowest BCUT2D eigenvalue weighted by atomic mass is 10.1. The number of amidine groups is 1. The third kappa shape index (κ3) is 3.02. The smallest absolute Gasteiger partial charge is 0.143 e. The highest BCUT2D eigenvalue weighted by atomic mass is 79.9. The molecule has 0 atom stereocenters. The van der Waals surface area contributed by atoms with E-state index in [2.05, 4.69) is 21.1 Å². The molecule has 0 amide bonds. The Morgan fingerprint density at radius 3 is 2.77 bits per heavy atom. The zero-order valence-electron chi connectivity index (χ0n) is 6.67. The normalized spacial score (nSPS) is 11.7. The van der Waals surface area contributed by atoms with Crippen molar-refractivity contribution in [2.75, 3.05) is 0 Å². The summed E-state index contributed by atoms with van der Waals surface area (Å²) in [5.74, 6) is -0.299. The molecule has 1 aromatic carbocycles. The third-order valence-corrected chi connectivity index (χ3v) is 1.89. The molecule has 0 aliphatic rings. The summed E-state index contributed by atoms with van der Waals surface area (Å²) >= 11 is 3.14. The van der Waals surface area contributed by atoms with E-state index in [1.165, 1.54) is 12.1 Å². The number of oxime groups is 1. The maximum absolute atomic E-state index is 12.8. The van der Waals surface area contributed by atoms with E-state index in [0.29, 0.717) is 10.0 Å². The van der Waals surface area contributed by atoms with Crippen LogP contribution in [0.15, 0.2) is 27.8 Å². The number of nitrogens with zero attached hydrogens (tertiary/aromatic N) is 1. The van der Waals surface area contributed by atoms with E-state index in [1.54, 1.807) is 6.07 Å². The second-order valence-corrected chi connectivity index (χ2v) is 3.46. The van der Waals surface area contributed by atoms with Gasteiger partial charge in [0.15, 0.2) is 0 Å². The van der Waals surface area contributed by atoms with Gasteiger partial charge in [0, 0.05) is 10.9 Å². The van der Waals surface area contributed by atoms with Crippen LogP contribution >= 0.6 is 15.9 Å². The Labute approximate surface area is 83.2 Å². The van der Waals surface area contributed by atoms with Gasteiger partial charge in [0.05, 0.1) is 0 Å². The highest BCUT2D eigenvalue weighted by Gasteiger charge is 2.01. The molecule has 5 heteroatoms. The van der Waals surface area contributed by atoms with Crippen LogP contribution < -0.4 is 5.73 Å². The predicted octanol–water partition coefficient (Wildman–Crippen LogP) is 1.88. The van der Waals surface area contributed by atoms with Gasteiger partial charge in [0.1, 0.15) is 11.7 Å². The summed E-state index contributed by atoms with van der Waals surface area (Å²) < 4.78 is 13.4. The zero-order chi connectivity index (χ0) is 9.84. The van der Waals surface area contributed by atoms with Gasteiger partial charge in [0.25, 0.3) is 0 Å². The molecule has 0 heterocycles. The van der Waals surface area contributed by atoms with Gasteiger partial charge >= 0.3 is 0 Å². The number of benzene rings is 1. The van der Waals surface area contributed by atoms with E-state index in [0.717, 1.165) is 0 Å². The number of rotatable bonds is 2. The van der Waals surface area contributed by atoms with Gasteiger partial charge in [-0.3, -0.25) is 0 Å². The number of halogens is 2. The van der Waals surface area contributed by atoms with Crippen LogP contribution in [0.25, 0.3) is 0 Å². The standard InChI is InChI=1S/C8H8BrFN2O/c9-6-1-5(2-7(10)4-6)3-8(11)12-13/h1-2,4,13H,3H2,(H2,11,12). The number of hydrogen-bond acceptors (Lipinski definition) is 2. The molecule has 1 aromatic rings. The van der Waals surface area contributed by atoms with Crippen LogP contribution in [0.5, 0.6) is 0 Å². The van der Waals surface area contributed by atoms with E-state index in [-0.39, 0.29) is 18.1 Å². The van der Waals surface area contributed by atoms with E-state index in [1.807, 2.05) is 0 Å². The fourth-order valence-corrected chi connectivity index (χ4v) is 1.47. The molecule has 0 unspecified atom stereocenters. The zero-order valence-corrected chi connectivity index (χ0v) is 8.25. The van der Waals surface area contributed by atoms with Crippen LogP contribution in [0.2, 0.25) is 0 Å². The summed E-state index contributed by atoms with van der Waals surface area (Å²) in [6.45, 7) is 0. The summed E-state index contributed by atoms with van der Waals surface area (Å²) in [6.07, 6.45) is 0.229. The molecule has 0 saturated heterocycles. The molecular weight excluding hydrogens is 239 g/mol. The van der Waals surface area contributed by atoms with Gasteiger partial charge in [-0.2, -0.15) is 0 Å². The van der Waals surface area contributed by atoms with Crippen molar-refractivity contribution >= 4 is 21.8 Å². The van der Waals surface area contributed by atoms with Crippen LogP contribution in [0.4, 0.5) is 4.39 Å². The fraction of sp³-hybridized carbons (Fsp3) is 0.125. The van der Waals surface area contributed by atoms with Crippen molar-refractivity contribution in [2.24, 2.45) is 10.9 Å². The van der Waals surface area contributed by atoms with Gasteiger partial charge in [-0.1, -0.05) is 21.1 Å². The molecule has 70 valence electrons. The second-order valence-electron chi connectivity index (χ2n) is 2.55. The molecule has 1 rings (SSSR count). The molecule has 0 aliphatic heterocycles. The van der Waals surface area contributed by atoms with Crippen LogP contribution in [-0.4, -0.2) is 11.0 Å². The average molecular weight is 247 g/mol. The SMILES string of the molecule is NC(Cc1cc(F)cc(Br)c1)=NO. The number of nitrogens with two attached hydrogens (primary N) is 1. The van der Waals surface area contributed by atoms with Crippen molar-refractivity contribution in [3.8, 4) is 0 Å². The van der Waals surface area contributed by atoms with Gasteiger partial charge in [-0.05, 0) is 23.8 Å². The summed E-state index contributed by atoms with van der Waals surface area (Å²) in [6, 6.07) is 4.39. The van der Waals surface area contributed by atoms with Crippen LogP contribution in [0.3, 0.4) is 0 Å². The molecule has 0 aliphatic carbocycles. The Balaban J connectivity index is 2.89. The first-order chi connectivity index (χ1) is 6.11. The summed E-state index contributed by atoms with van der Waals surface area (Å²) in [7, 11) is 0. The lowest BCUT2D eigenvalue weighted by Gasteiger charge is -2.00. The van der Waals surface area contributed by atoms with Gasteiger partial charge in [-0.25, -0.2) is 4.39 Å². The Bertz CT molecular complexity index is 321. The highest BCUT2D eigenvalue weighted by molar-refractivity contribution is 9.10. The molecule has 3 N–H and O–H groups in total. The molecule has 0 fully saturated rings. The van der Waals surface area contributed by atoms with Gasteiger partial charge in [0.2, 0.25) is 0 Å². The van der Waals surface area contributed by atoms with Crippen molar-refractivity contribution in [3.63, 3.8) is 0 Å². The summed E-state index contributed by atoms with van der Waals surface area (Å²) in [5, 5.41) is 11.1. The Morgan fingerprint density at radius 1 is 1.54 bits per heavy atom. The van der Waals surface area contributed by atoms with E-state index >= 15 is 0 Å². The molecule has 0 aromatic heterocycles. The van der Waals surface area contributed by atoms with Crippen LogP contribution in [0.1, 0.15) is 5.56 Å². The van der Waals surface area contributed by atoms with Crippen molar-refractivity contribution in [2.45, 2.75) is 6.42 Å². The molecular formula is C8H8BrFN2O. The fourth-order valence-electron chi connectivity index (χ4n) is 0.958. The van der Waals surface area contributed by atoms with Gasteiger partial charge < -0.3 is 10.9 Å². The molecule has 0 saturated carbocycles. The second kappa shape index (κ2) is 4.23. The van der Waals surface area contributed by atoms with Crippen LogP contribution in [0, 0.1) is 5.82 Å². The maximum Gasteiger partial charge on any atom is 0.143 e. The molecule has 0 bridgehead atoms. The lowest BCUT2D eigenvalue weighted by Crippen LogP contribution is -2.14. The summed E-state index contributed by atoms with van der Waals surface area (Å²) in [5.41, 5.74) is 5.92. The monoisotopic (exact) mass is 246 g/mol. The minimum Gasteiger partial charge on any atom is -0.409 e. The van der Waals surface area contributed by atoms with E-state index in [9.17, 15) is 4.39 Å². The molecule has 3 nitrogen and oxygen atoms in total. The molecule has 0 radical (unpaired) electrons.